The first-order chi connectivity index (χ1) is 9.08. The maximum Gasteiger partial charge on any atom is 0.212 e. The van der Waals surface area contributed by atoms with Crippen LogP contribution >= 0.6 is 0 Å². The molecule has 2 N–H and O–H groups in total. The van der Waals surface area contributed by atoms with E-state index in [2.05, 4.69) is 23.7 Å². The molecule has 5 heteroatoms. The summed E-state index contributed by atoms with van der Waals surface area (Å²) < 4.78 is 10.7. The molecule has 19 heavy (non-hydrogen) atoms. The second kappa shape index (κ2) is 5.86. The molecule has 0 bridgehead atoms. The van der Waals surface area contributed by atoms with Gasteiger partial charge in [-0.15, -0.1) is 0 Å². The van der Waals surface area contributed by atoms with Crippen molar-refractivity contribution in [2.24, 2.45) is 5.73 Å². The van der Waals surface area contributed by atoms with Crippen LogP contribution in [0.5, 0.6) is 5.88 Å². The van der Waals surface area contributed by atoms with Crippen LogP contribution in [-0.4, -0.2) is 48.8 Å². The Bertz CT molecular complexity index is 406. The Balaban J connectivity index is 2.22. The number of hydrogen-bond acceptors (Lipinski definition) is 5. The normalized spacial score (nSPS) is 21.1. The third-order valence-corrected chi connectivity index (χ3v) is 3.66. The van der Waals surface area contributed by atoms with Gasteiger partial charge in [-0.3, -0.25) is 4.90 Å². The summed E-state index contributed by atoms with van der Waals surface area (Å²) in [5, 5.41) is 0. The third-order valence-electron chi connectivity index (χ3n) is 3.66. The zero-order chi connectivity index (χ0) is 13.9. The number of aromatic nitrogens is 1. The van der Waals surface area contributed by atoms with Crippen molar-refractivity contribution in [3.8, 4) is 5.88 Å². The molecule has 1 unspecified atom stereocenters. The highest BCUT2D eigenvalue weighted by atomic mass is 16.5. The molecule has 1 aliphatic heterocycles. The number of nitrogens with two attached hydrogens (primary N) is 1. The molecule has 1 aromatic rings. The SMILES string of the molecule is COc1ccc(C(CN)N2CCOCC2(C)C)cn1. The summed E-state index contributed by atoms with van der Waals surface area (Å²) in [6, 6.07) is 4.08. The molecule has 1 aliphatic rings. The van der Waals surface area contributed by atoms with Gasteiger partial charge in [-0.2, -0.15) is 0 Å². The van der Waals surface area contributed by atoms with Crippen LogP contribution < -0.4 is 10.5 Å². The fourth-order valence-corrected chi connectivity index (χ4v) is 2.60. The Morgan fingerprint density at radius 1 is 1.53 bits per heavy atom. The van der Waals surface area contributed by atoms with Crippen LogP contribution in [0.3, 0.4) is 0 Å². The first-order valence-corrected chi connectivity index (χ1v) is 6.63. The summed E-state index contributed by atoms with van der Waals surface area (Å²) in [4.78, 5) is 6.68. The second-order valence-electron chi connectivity index (χ2n) is 5.44. The van der Waals surface area contributed by atoms with E-state index in [0.717, 1.165) is 25.3 Å². The predicted octanol–water partition coefficient (Wildman–Crippen LogP) is 1.20. The van der Waals surface area contributed by atoms with E-state index in [-0.39, 0.29) is 11.6 Å². The van der Waals surface area contributed by atoms with Gasteiger partial charge in [-0.25, -0.2) is 4.98 Å². The van der Waals surface area contributed by atoms with E-state index in [4.69, 9.17) is 15.2 Å². The average molecular weight is 265 g/mol. The van der Waals surface area contributed by atoms with Gasteiger partial charge in [0.2, 0.25) is 5.88 Å². The van der Waals surface area contributed by atoms with Gasteiger partial charge < -0.3 is 15.2 Å². The van der Waals surface area contributed by atoms with Crippen molar-refractivity contribution in [1.29, 1.82) is 0 Å². The molecule has 0 aromatic carbocycles. The molecule has 2 heterocycles. The predicted molar refractivity (Wildman–Crippen MR) is 74.2 cm³/mol. The Hall–Kier alpha value is -1.17. The molecule has 0 spiro atoms. The van der Waals surface area contributed by atoms with Crippen LogP contribution in [-0.2, 0) is 4.74 Å². The molecule has 0 aliphatic carbocycles. The number of nitrogens with zero attached hydrogens (tertiary/aromatic N) is 2. The van der Waals surface area contributed by atoms with Gasteiger partial charge in [0.25, 0.3) is 0 Å². The number of methoxy groups -OCH3 is 1. The largest absolute Gasteiger partial charge is 0.481 e. The summed E-state index contributed by atoms with van der Waals surface area (Å²) >= 11 is 0. The Labute approximate surface area is 114 Å². The highest BCUT2D eigenvalue weighted by Crippen LogP contribution is 2.30. The van der Waals surface area contributed by atoms with E-state index in [1.807, 2.05) is 18.3 Å². The summed E-state index contributed by atoms with van der Waals surface area (Å²) in [6.07, 6.45) is 1.85. The van der Waals surface area contributed by atoms with E-state index in [1.165, 1.54) is 0 Å². The van der Waals surface area contributed by atoms with Crippen molar-refractivity contribution in [3.05, 3.63) is 23.9 Å². The minimum Gasteiger partial charge on any atom is -0.481 e. The van der Waals surface area contributed by atoms with Gasteiger partial charge in [0, 0.05) is 36.9 Å². The van der Waals surface area contributed by atoms with E-state index < -0.39 is 0 Å². The van der Waals surface area contributed by atoms with Gasteiger partial charge in [-0.1, -0.05) is 6.07 Å². The standard InChI is InChI=1S/C14H23N3O2/c1-14(2)10-19-7-6-17(14)12(8-15)11-4-5-13(18-3)16-9-11/h4-5,9,12H,6-8,10,15H2,1-3H3. The Morgan fingerprint density at radius 2 is 2.32 bits per heavy atom. The lowest BCUT2D eigenvalue weighted by Gasteiger charge is -2.46. The van der Waals surface area contributed by atoms with Gasteiger partial charge in [0.1, 0.15) is 0 Å². The Kier molecular flexibility index (Phi) is 4.39. The first-order valence-electron chi connectivity index (χ1n) is 6.63. The summed E-state index contributed by atoms with van der Waals surface area (Å²) in [6.45, 7) is 7.31. The number of ether oxygens (including phenoxy) is 2. The van der Waals surface area contributed by atoms with Gasteiger partial charge in [0.05, 0.1) is 20.3 Å². The highest BCUT2D eigenvalue weighted by Gasteiger charge is 2.35. The zero-order valence-corrected chi connectivity index (χ0v) is 11.9. The lowest BCUT2D eigenvalue weighted by molar-refractivity contribution is -0.0713. The molecular weight excluding hydrogens is 242 g/mol. The molecule has 2 rings (SSSR count). The fraction of sp³-hybridized carbons (Fsp3) is 0.643. The molecule has 5 nitrogen and oxygen atoms in total. The van der Waals surface area contributed by atoms with Gasteiger partial charge >= 0.3 is 0 Å². The first kappa shape index (κ1) is 14.2. The number of hydrogen-bond donors (Lipinski definition) is 1. The summed E-state index contributed by atoms with van der Waals surface area (Å²) in [5.41, 5.74) is 7.10. The highest BCUT2D eigenvalue weighted by molar-refractivity contribution is 5.22. The average Bonchev–Trinajstić information content (AvgIpc) is 2.42. The van der Waals surface area contributed by atoms with Crippen LogP contribution in [0.25, 0.3) is 0 Å². The third kappa shape index (κ3) is 3.05. The number of rotatable bonds is 4. The van der Waals surface area contributed by atoms with Crippen molar-refractivity contribution >= 4 is 0 Å². The number of pyridine rings is 1. The molecule has 1 aromatic heterocycles. The smallest absolute Gasteiger partial charge is 0.212 e. The molecule has 1 atom stereocenters. The molecule has 0 amide bonds. The molecule has 0 saturated carbocycles. The molecule has 1 fully saturated rings. The van der Waals surface area contributed by atoms with Crippen LogP contribution in [0.1, 0.15) is 25.5 Å². The quantitative estimate of drug-likeness (QED) is 0.886. The summed E-state index contributed by atoms with van der Waals surface area (Å²) in [7, 11) is 1.62. The van der Waals surface area contributed by atoms with Crippen LogP contribution in [0.15, 0.2) is 18.3 Å². The minimum absolute atomic E-state index is 0.0117. The fourth-order valence-electron chi connectivity index (χ4n) is 2.60. The lowest BCUT2D eigenvalue weighted by atomic mass is 9.96. The van der Waals surface area contributed by atoms with Crippen LogP contribution in [0.2, 0.25) is 0 Å². The lowest BCUT2D eigenvalue weighted by Crippen LogP contribution is -2.55. The monoisotopic (exact) mass is 265 g/mol. The summed E-state index contributed by atoms with van der Waals surface area (Å²) in [5.74, 6) is 0.626. The molecule has 106 valence electrons. The maximum absolute atomic E-state index is 5.99. The van der Waals surface area contributed by atoms with Crippen LogP contribution in [0.4, 0.5) is 0 Å². The molecular formula is C14H23N3O2. The van der Waals surface area contributed by atoms with Crippen molar-refractivity contribution < 1.29 is 9.47 Å². The van der Waals surface area contributed by atoms with Crippen LogP contribution in [0, 0.1) is 0 Å². The zero-order valence-electron chi connectivity index (χ0n) is 11.9. The minimum atomic E-state index is -0.0117. The van der Waals surface area contributed by atoms with Gasteiger partial charge in [-0.05, 0) is 19.4 Å². The topological polar surface area (TPSA) is 60.6 Å². The van der Waals surface area contributed by atoms with E-state index >= 15 is 0 Å². The van der Waals surface area contributed by atoms with Gasteiger partial charge in [0.15, 0.2) is 0 Å². The molecule has 1 saturated heterocycles. The second-order valence-corrected chi connectivity index (χ2v) is 5.44. The van der Waals surface area contributed by atoms with E-state index in [0.29, 0.717) is 12.4 Å². The number of morpholine rings is 1. The van der Waals surface area contributed by atoms with E-state index in [1.54, 1.807) is 7.11 Å². The van der Waals surface area contributed by atoms with Crippen molar-refractivity contribution in [3.63, 3.8) is 0 Å². The Morgan fingerprint density at radius 3 is 2.84 bits per heavy atom. The molecule has 0 radical (unpaired) electrons. The van der Waals surface area contributed by atoms with Crippen molar-refractivity contribution in [1.82, 2.24) is 9.88 Å². The maximum atomic E-state index is 5.99. The van der Waals surface area contributed by atoms with Crippen molar-refractivity contribution in [2.75, 3.05) is 33.4 Å². The van der Waals surface area contributed by atoms with Crippen molar-refractivity contribution in [2.45, 2.75) is 25.4 Å². The van der Waals surface area contributed by atoms with E-state index in [9.17, 15) is 0 Å².